The molecule has 5 unspecified atom stereocenters. The lowest BCUT2D eigenvalue weighted by atomic mass is 9.85. The van der Waals surface area contributed by atoms with Gasteiger partial charge in [0.05, 0.1) is 0 Å². The van der Waals surface area contributed by atoms with E-state index in [2.05, 4.69) is 6.58 Å². The average Bonchev–Trinajstić information content (AvgIpc) is 2.75. The fourth-order valence-electron chi connectivity index (χ4n) is 4.21. The SMILES string of the molecule is C=CC(=O)OC12CC1C1CC2CC1CC(=O)O. The van der Waals surface area contributed by atoms with Gasteiger partial charge in [0.1, 0.15) is 5.60 Å². The number of fused-ring (bicyclic) bond motifs is 5. The van der Waals surface area contributed by atoms with Gasteiger partial charge in [-0.1, -0.05) is 6.58 Å². The van der Waals surface area contributed by atoms with Crippen molar-refractivity contribution in [3.8, 4) is 0 Å². The van der Waals surface area contributed by atoms with Gasteiger partial charge in [0.2, 0.25) is 0 Å². The van der Waals surface area contributed by atoms with Crippen LogP contribution in [0, 0.1) is 23.7 Å². The Morgan fingerprint density at radius 2 is 2.24 bits per heavy atom. The first-order valence-corrected chi connectivity index (χ1v) is 6.14. The van der Waals surface area contributed by atoms with Crippen LogP contribution in [0.3, 0.4) is 0 Å². The van der Waals surface area contributed by atoms with Gasteiger partial charge in [0.25, 0.3) is 0 Å². The van der Waals surface area contributed by atoms with E-state index in [0.717, 1.165) is 19.3 Å². The van der Waals surface area contributed by atoms with E-state index in [1.807, 2.05) is 0 Å². The molecule has 17 heavy (non-hydrogen) atoms. The van der Waals surface area contributed by atoms with Gasteiger partial charge in [-0.05, 0) is 37.0 Å². The summed E-state index contributed by atoms with van der Waals surface area (Å²) in [5.74, 6) is 0.487. The molecule has 92 valence electrons. The normalized spacial score (nSPS) is 45.2. The monoisotopic (exact) mass is 236 g/mol. The largest absolute Gasteiger partial charge is 0.481 e. The van der Waals surface area contributed by atoms with Gasteiger partial charge < -0.3 is 9.84 Å². The molecule has 3 fully saturated rings. The standard InChI is InChI=1S/C13H16O4/c1-2-12(16)17-13-6-10(13)9-5-8(13)3-7(9)4-11(14)15/h2,7-10H,1,3-6H2,(H,14,15). The zero-order valence-corrected chi connectivity index (χ0v) is 9.59. The molecule has 3 saturated carbocycles. The number of hydrogen-bond acceptors (Lipinski definition) is 3. The van der Waals surface area contributed by atoms with Crippen molar-refractivity contribution in [2.75, 3.05) is 0 Å². The average molecular weight is 236 g/mol. The Kier molecular flexibility index (Phi) is 2.12. The van der Waals surface area contributed by atoms with Gasteiger partial charge >= 0.3 is 11.9 Å². The number of carboxylic acids is 1. The van der Waals surface area contributed by atoms with Crippen molar-refractivity contribution in [1.29, 1.82) is 0 Å². The number of carboxylic acid groups (broad SMARTS) is 1. The van der Waals surface area contributed by atoms with Crippen LogP contribution >= 0.6 is 0 Å². The molecule has 5 atom stereocenters. The second kappa shape index (κ2) is 3.34. The zero-order valence-electron chi connectivity index (χ0n) is 9.59. The first kappa shape index (κ1) is 10.8. The van der Waals surface area contributed by atoms with Gasteiger partial charge in [-0.2, -0.15) is 0 Å². The molecule has 4 nitrogen and oxygen atoms in total. The molecular formula is C13H16O4. The van der Waals surface area contributed by atoms with E-state index in [0.29, 0.717) is 23.7 Å². The van der Waals surface area contributed by atoms with Crippen LogP contribution in [0.25, 0.3) is 0 Å². The molecule has 3 rings (SSSR count). The first-order chi connectivity index (χ1) is 8.06. The highest BCUT2D eigenvalue weighted by Gasteiger charge is 2.74. The fourth-order valence-corrected chi connectivity index (χ4v) is 4.21. The van der Waals surface area contributed by atoms with Crippen LogP contribution < -0.4 is 0 Å². The third-order valence-electron chi connectivity index (χ3n) is 4.86. The van der Waals surface area contributed by atoms with Crippen LogP contribution in [0.1, 0.15) is 25.7 Å². The lowest BCUT2D eigenvalue weighted by Gasteiger charge is -2.26. The van der Waals surface area contributed by atoms with Crippen molar-refractivity contribution in [3.05, 3.63) is 12.7 Å². The minimum Gasteiger partial charge on any atom is -0.481 e. The van der Waals surface area contributed by atoms with Gasteiger partial charge in [0.15, 0.2) is 0 Å². The first-order valence-electron chi connectivity index (χ1n) is 6.14. The van der Waals surface area contributed by atoms with E-state index in [1.165, 1.54) is 6.08 Å². The molecule has 0 radical (unpaired) electrons. The summed E-state index contributed by atoms with van der Waals surface area (Å²) in [5.41, 5.74) is -0.245. The summed E-state index contributed by atoms with van der Waals surface area (Å²) in [6.07, 6.45) is 4.34. The Bertz CT molecular complexity index is 402. The van der Waals surface area contributed by atoms with Crippen LogP contribution in [0.2, 0.25) is 0 Å². The zero-order chi connectivity index (χ0) is 12.2. The van der Waals surface area contributed by atoms with Crippen molar-refractivity contribution >= 4 is 11.9 Å². The molecule has 3 aliphatic rings. The number of carbonyl (C=O) groups excluding carboxylic acids is 1. The summed E-state index contributed by atoms with van der Waals surface area (Å²) in [5, 5.41) is 8.85. The van der Waals surface area contributed by atoms with Crippen LogP contribution in [0.15, 0.2) is 12.7 Å². The van der Waals surface area contributed by atoms with Crippen LogP contribution in [-0.4, -0.2) is 22.6 Å². The van der Waals surface area contributed by atoms with Gasteiger partial charge in [-0.15, -0.1) is 0 Å². The summed E-state index contributed by atoms with van der Waals surface area (Å²) in [6.45, 7) is 3.42. The van der Waals surface area contributed by atoms with E-state index in [4.69, 9.17) is 9.84 Å². The lowest BCUT2D eigenvalue weighted by molar-refractivity contribution is -0.150. The van der Waals surface area contributed by atoms with Crippen LogP contribution in [-0.2, 0) is 14.3 Å². The third kappa shape index (κ3) is 1.43. The Labute approximate surface area is 99.6 Å². The number of carbonyl (C=O) groups is 2. The Morgan fingerprint density at radius 3 is 2.82 bits per heavy atom. The quantitative estimate of drug-likeness (QED) is 0.595. The molecule has 4 heteroatoms. The van der Waals surface area contributed by atoms with E-state index in [9.17, 15) is 9.59 Å². The molecule has 1 N–H and O–H groups in total. The maximum Gasteiger partial charge on any atom is 0.330 e. The molecule has 0 aromatic heterocycles. The summed E-state index contributed by atoms with van der Waals surface area (Å²) in [6, 6.07) is 0. The maximum atomic E-state index is 11.3. The van der Waals surface area contributed by atoms with Crippen molar-refractivity contribution < 1.29 is 19.4 Å². The Hall–Kier alpha value is -1.32. The second-order valence-electron chi connectivity index (χ2n) is 5.58. The number of rotatable bonds is 4. The highest BCUT2D eigenvalue weighted by molar-refractivity contribution is 5.82. The topological polar surface area (TPSA) is 63.6 Å². The molecule has 0 saturated heterocycles. The van der Waals surface area contributed by atoms with Crippen molar-refractivity contribution in [1.82, 2.24) is 0 Å². The van der Waals surface area contributed by atoms with E-state index in [-0.39, 0.29) is 18.0 Å². The Balaban J connectivity index is 1.69. The van der Waals surface area contributed by atoms with Crippen LogP contribution in [0.4, 0.5) is 0 Å². The smallest absolute Gasteiger partial charge is 0.330 e. The summed E-state index contributed by atoms with van der Waals surface area (Å²) < 4.78 is 5.50. The van der Waals surface area contributed by atoms with E-state index >= 15 is 0 Å². The highest BCUT2D eigenvalue weighted by atomic mass is 16.6. The summed E-state index contributed by atoms with van der Waals surface area (Å²) in [7, 11) is 0. The molecule has 3 aliphatic carbocycles. The van der Waals surface area contributed by atoms with E-state index in [1.54, 1.807) is 0 Å². The van der Waals surface area contributed by atoms with Crippen LogP contribution in [0.5, 0.6) is 0 Å². The second-order valence-corrected chi connectivity index (χ2v) is 5.58. The number of ether oxygens (including phenoxy) is 1. The predicted octanol–water partition coefficient (Wildman–Crippen LogP) is 1.60. The molecule has 0 aromatic carbocycles. The van der Waals surface area contributed by atoms with Gasteiger partial charge in [0, 0.05) is 18.4 Å². The summed E-state index contributed by atoms with van der Waals surface area (Å²) >= 11 is 0. The fraction of sp³-hybridized carbons (Fsp3) is 0.692. The number of esters is 1. The minimum atomic E-state index is -0.711. The number of hydrogen-bond donors (Lipinski definition) is 1. The molecular weight excluding hydrogens is 220 g/mol. The Morgan fingerprint density at radius 1 is 1.47 bits per heavy atom. The molecule has 0 amide bonds. The third-order valence-corrected chi connectivity index (χ3v) is 4.86. The minimum absolute atomic E-state index is 0.245. The van der Waals surface area contributed by atoms with Crippen molar-refractivity contribution in [2.24, 2.45) is 23.7 Å². The molecule has 0 spiro atoms. The van der Waals surface area contributed by atoms with Gasteiger partial charge in [-0.25, -0.2) is 4.79 Å². The molecule has 0 heterocycles. The van der Waals surface area contributed by atoms with Crippen molar-refractivity contribution in [3.63, 3.8) is 0 Å². The summed E-state index contributed by atoms with van der Waals surface area (Å²) in [4.78, 5) is 22.1. The number of aliphatic carboxylic acids is 1. The molecule has 0 aliphatic heterocycles. The molecule has 2 bridgehead atoms. The van der Waals surface area contributed by atoms with Gasteiger partial charge in [-0.3, -0.25) is 4.79 Å². The van der Waals surface area contributed by atoms with Crippen molar-refractivity contribution in [2.45, 2.75) is 31.3 Å². The lowest BCUT2D eigenvalue weighted by Crippen LogP contribution is -2.30. The predicted molar refractivity (Wildman–Crippen MR) is 59.1 cm³/mol. The molecule has 0 aromatic rings. The maximum absolute atomic E-state index is 11.3. The van der Waals surface area contributed by atoms with E-state index < -0.39 is 5.97 Å². The highest BCUT2D eigenvalue weighted by Crippen LogP contribution is 2.72.